The highest BCUT2D eigenvalue weighted by Crippen LogP contribution is 2.60. The van der Waals surface area contributed by atoms with Crippen molar-refractivity contribution in [2.75, 3.05) is 0 Å². The minimum absolute atomic E-state index is 0.0759. The van der Waals surface area contributed by atoms with Crippen LogP contribution in [0.5, 0.6) is 0 Å². The van der Waals surface area contributed by atoms with Crippen molar-refractivity contribution < 1.29 is 24.5 Å². The molecule has 5 nitrogen and oxygen atoms in total. The van der Waals surface area contributed by atoms with E-state index in [0.717, 1.165) is 49.2 Å². The van der Waals surface area contributed by atoms with E-state index in [4.69, 9.17) is 9.84 Å². The monoisotopic (exact) mass is 500 g/mol. The topological polar surface area (TPSA) is 83.8 Å². The van der Waals surface area contributed by atoms with Gasteiger partial charge in [-0.15, -0.1) is 0 Å². The maximum Gasteiger partial charge on any atom is 0.306 e. The van der Waals surface area contributed by atoms with Gasteiger partial charge in [0.2, 0.25) is 0 Å². The number of aliphatic hydroxyl groups is 1. The number of carbonyl (C=O) groups excluding carboxylic acids is 1. The fourth-order valence-corrected chi connectivity index (χ4v) is 7.21. The van der Waals surface area contributed by atoms with Crippen molar-refractivity contribution in [1.82, 2.24) is 0 Å². The third kappa shape index (κ3) is 7.57. The van der Waals surface area contributed by atoms with Crippen LogP contribution in [0, 0.1) is 23.2 Å². The maximum absolute atomic E-state index is 12.0. The number of ether oxygens (including phenoxy) is 1. The molecule has 5 unspecified atom stereocenters. The molecule has 202 valence electrons. The Hall–Kier alpha value is -1.88. The van der Waals surface area contributed by atoms with E-state index in [0.29, 0.717) is 23.7 Å². The molecule has 0 aromatic carbocycles. The standard InChI is InChI=1S/C31H48O5/c1-21-10-13-25(36-29(34)17-16-28(32)33)20-24(21)12-11-23-9-7-19-31(5)26(14-15-27(23)31)22(2)8-6-18-30(3,4)35/h11-12,22,25-27,35H,1,6-10,13-20H2,2-5H3,(H,32,33). The lowest BCUT2D eigenvalue weighted by Crippen LogP contribution is -2.36. The Labute approximate surface area is 218 Å². The molecule has 0 aromatic rings. The number of aliphatic carboxylic acids is 1. The zero-order valence-electron chi connectivity index (χ0n) is 23.0. The molecular weight excluding hydrogens is 452 g/mol. The summed E-state index contributed by atoms with van der Waals surface area (Å²) in [5.74, 6) is 0.638. The molecule has 2 N–H and O–H groups in total. The summed E-state index contributed by atoms with van der Waals surface area (Å²) in [5, 5.41) is 18.9. The predicted octanol–water partition coefficient (Wildman–Crippen LogP) is 7.15. The summed E-state index contributed by atoms with van der Waals surface area (Å²) < 4.78 is 5.57. The molecule has 3 aliphatic carbocycles. The van der Waals surface area contributed by atoms with Crippen molar-refractivity contribution in [3.05, 3.63) is 35.5 Å². The smallest absolute Gasteiger partial charge is 0.306 e. The highest BCUT2D eigenvalue weighted by atomic mass is 16.5. The van der Waals surface area contributed by atoms with Crippen LogP contribution < -0.4 is 0 Å². The molecule has 3 saturated carbocycles. The summed E-state index contributed by atoms with van der Waals surface area (Å²) in [6.45, 7) is 13.0. The van der Waals surface area contributed by atoms with E-state index in [2.05, 4.69) is 32.6 Å². The molecule has 36 heavy (non-hydrogen) atoms. The molecule has 0 radical (unpaired) electrons. The molecule has 3 aliphatic rings. The Balaban J connectivity index is 1.64. The number of esters is 1. The predicted molar refractivity (Wildman–Crippen MR) is 143 cm³/mol. The first-order valence-corrected chi connectivity index (χ1v) is 14.1. The first kappa shape index (κ1) is 28.7. The van der Waals surface area contributed by atoms with Crippen molar-refractivity contribution in [1.29, 1.82) is 0 Å². The van der Waals surface area contributed by atoms with E-state index in [1.165, 1.54) is 32.1 Å². The third-order valence-corrected chi connectivity index (χ3v) is 9.18. The van der Waals surface area contributed by atoms with Crippen LogP contribution in [0.25, 0.3) is 0 Å². The molecule has 0 spiro atoms. The first-order valence-electron chi connectivity index (χ1n) is 14.1. The van der Waals surface area contributed by atoms with E-state index >= 15 is 0 Å². The Morgan fingerprint density at radius 2 is 1.94 bits per heavy atom. The van der Waals surface area contributed by atoms with Crippen LogP contribution in [0.15, 0.2) is 35.5 Å². The number of rotatable bonds is 10. The summed E-state index contributed by atoms with van der Waals surface area (Å²) in [6.07, 6.45) is 15.7. The van der Waals surface area contributed by atoms with Crippen molar-refractivity contribution in [2.24, 2.45) is 23.2 Å². The molecular formula is C31H48O5. The molecule has 3 rings (SSSR count). The van der Waals surface area contributed by atoms with E-state index < -0.39 is 17.5 Å². The van der Waals surface area contributed by atoms with Crippen LogP contribution in [0.1, 0.15) is 111 Å². The van der Waals surface area contributed by atoms with Crippen LogP contribution in [0.4, 0.5) is 0 Å². The number of hydrogen-bond donors (Lipinski definition) is 2. The lowest BCUT2D eigenvalue weighted by Gasteiger charge is -2.44. The largest absolute Gasteiger partial charge is 0.481 e. The summed E-state index contributed by atoms with van der Waals surface area (Å²) >= 11 is 0. The maximum atomic E-state index is 12.0. The third-order valence-electron chi connectivity index (χ3n) is 9.18. The lowest BCUT2D eigenvalue weighted by atomic mass is 9.60. The molecule has 0 heterocycles. The Kier molecular flexibility index (Phi) is 9.65. The van der Waals surface area contributed by atoms with Crippen molar-refractivity contribution in [2.45, 2.75) is 123 Å². The van der Waals surface area contributed by atoms with Gasteiger partial charge in [-0.2, -0.15) is 0 Å². The average molecular weight is 501 g/mol. The van der Waals surface area contributed by atoms with E-state index in [1.54, 1.807) is 5.57 Å². The van der Waals surface area contributed by atoms with Gasteiger partial charge >= 0.3 is 11.9 Å². The summed E-state index contributed by atoms with van der Waals surface area (Å²) in [7, 11) is 0. The normalized spacial score (nSPS) is 31.9. The van der Waals surface area contributed by atoms with Gasteiger partial charge in [0.15, 0.2) is 0 Å². The number of carboxylic acid groups (broad SMARTS) is 1. The molecule has 3 fully saturated rings. The highest BCUT2D eigenvalue weighted by Gasteiger charge is 2.50. The van der Waals surface area contributed by atoms with Crippen LogP contribution >= 0.6 is 0 Å². The molecule has 0 aliphatic heterocycles. The summed E-state index contributed by atoms with van der Waals surface area (Å²) in [4.78, 5) is 22.7. The Morgan fingerprint density at radius 3 is 2.64 bits per heavy atom. The van der Waals surface area contributed by atoms with Gasteiger partial charge < -0.3 is 14.9 Å². The zero-order chi connectivity index (χ0) is 26.5. The second-order valence-electron chi connectivity index (χ2n) is 12.6. The minimum Gasteiger partial charge on any atom is -0.481 e. The minimum atomic E-state index is -0.978. The highest BCUT2D eigenvalue weighted by molar-refractivity contribution is 5.76. The molecule has 0 saturated heterocycles. The fraction of sp³-hybridized carbons (Fsp3) is 0.742. The molecule has 0 bridgehead atoms. The van der Waals surface area contributed by atoms with Crippen molar-refractivity contribution in [3.8, 4) is 0 Å². The molecule has 5 atom stereocenters. The van der Waals surface area contributed by atoms with Crippen LogP contribution in [-0.4, -0.2) is 33.9 Å². The summed E-state index contributed by atoms with van der Waals surface area (Å²) in [6, 6.07) is 0. The van der Waals surface area contributed by atoms with E-state index in [1.807, 2.05) is 13.8 Å². The number of allylic oxidation sites excluding steroid dienone is 4. The van der Waals surface area contributed by atoms with E-state index in [9.17, 15) is 14.7 Å². The van der Waals surface area contributed by atoms with Crippen molar-refractivity contribution >= 4 is 11.9 Å². The van der Waals surface area contributed by atoms with Crippen molar-refractivity contribution in [3.63, 3.8) is 0 Å². The number of hydrogen-bond acceptors (Lipinski definition) is 4. The van der Waals surface area contributed by atoms with Gasteiger partial charge in [0.25, 0.3) is 0 Å². The van der Waals surface area contributed by atoms with E-state index in [-0.39, 0.29) is 18.9 Å². The van der Waals surface area contributed by atoms with Gasteiger partial charge in [-0.05, 0) is 94.0 Å². The Morgan fingerprint density at radius 1 is 1.19 bits per heavy atom. The summed E-state index contributed by atoms with van der Waals surface area (Å²) in [5.41, 5.74) is 3.62. The molecule has 0 amide bonds. The van der Waals surface area contributed by atoms with Crippen LogP contribution in [-0.2, 0) is 14.3 Å². The molecule has 5 heteroatoms. The van der Waals surface area contributed by atoms with Gasteiger partial charge in [-0.1, -0.05) is 56.6 Å². The van der Waals surface area contributed by atoms with Gasteiger partial charge in [0.1, 0.15) is 6.10 Å². The average Bonchev–Trinajstić information content (AvgIpc) is 3.14. The lowest BCUT2D eigenvalue weighted by molar-refractivity contribution is -0.152. The van der Waals surface area contributed by atoms with Gasteiger partial charge in [-0.25, -0.2) is 0 Å². The zero-order valence-corrected chi connectivity index (χ0v) is 23.0. The Bertz CT molecular complexity index is 876. The first-order chi connectivity index (χ1) is 16.9. The number of carboxylic acids is 1. The van der Waals surface area contributed by atoms with Crippen LogP contribution in [0.3, 0.4) is 0 Å². The SMILES string of the molecule is C=C1CCC(OC(=O)CCC(=O)O)CC1=CC=C1CCCC2(C)C1CCC2C(C)CCCC(C)(C)O. The van der Waals surface area contributed by atoms with Gasteiger partial charge in [0, 0.05) is 6.42 Å². The van der Waals surface area contributed by atoms with Gasteiger partial charge in [0.05, 0.1) is 18.4 Å². The second-order valence-corrected chi connectivity index (χ2v) is 12.6. The fourth-order valence-electron chi connectivity index (χ4n) is 7.21. The second kappa shape index (κ2) is 12.1. The number of fused-ring (bicyclic) bond motifs is 1. The van der Waals surface area contributed by atoms with Gasteiger partial charge in [-0.3, -0.25) is 9.59 Å². The molecule has 0 aromatic heterocycles. The van der Waals surface area contributed by atoms with Crippen LogP contribution in [0.2, 0.25) is 0 Å². The number of carbonyl (C=O) groups is 2. The quantitative estimate of drug-likeness (QED) is 0.311.